The van der Waals surface area contributed by atoms with E-state index < -0.39 is 0 Å². The summed E-state index contributed by atoms with van der Waals surface area (Å²) in [6, 6.07) is 8.56. The fourth-order valence-corrected chi connectivity index (χ4v) is 1.94. The Morgan fingerprint density at radius 3 is 2.72 bits per heavy atom. The molecule has 0 saturated carbocycles. The van der Waals surface area contributed by atoms with Crippen molar-refractivity contribution in [3.63, 3.8) is 0 Å². The van der Waals surface area contributed by atoms with Gasteiger partial charge in [-0.2, -0.15) is 5.26 Å². The van der Waals surface area contributed by atoms with Crippen molar-refractivity contribution in [1.82, 2.24) is 4.90 Å². The summed E-state index contributed by atoms with van der Waals surface area (Å²) in [6.07, 6.45) is 2.60. The van der Waals surface area contributed by atoms with Gasteiger partial charge in [0.15, 0.2) is 0 Å². The zero-order valence-corrected chi connectivity index (χ0v) is 11.6. The van der Waals surface area contributed by atoms with Crippen LogP contribution < -0.4 is 4.74 Å². The second kappa shape index (κ2) is 7.73. The van der Waals surface area contributed by atoms with E-state index in [-0.39, 0.29) is 0 Å². The summed E-state index contributed by atoms with van der Waals surface area (Å²) in [5.41, 5.74) is 2.59. The van der Waals surface area contributed by atoms with Crippen LogP contribution in [-0.2, 0) is 12.8 Å². The van der Waals surface area contributed by atoms with Gasteiger partial charge in [0.25, 0.3) is 0 Å². The molecule has 3 heteroatoms. The molecule has 0 amide bonds. The highest BCUT2D eigenvalue weighted by Crippen LogP contribution is 2.20. The summed E-state index contributed by atoms with van der Waals surface area (Å²) in [5, 5.41) is 8.54. The molecule has 0 aromatic heterocycles. The van der Waals surface area contributed by atoms with Gasteiger partial charge in [-0.3, -0.25) is 0 Å². The van der Waals surface area contributed by atoms with Crippen LogP contribution in [0, 0.1) is 11.3 Å². The standard InChI is InChI=1S/C15H22N2O/c1-4-14-12-13(6-7-15(14)18-3)8-11-17(2)10-5-9-16/h6-7,12H,4-5,8,10-11H2,1-3H3. The van der Waals surface area contributed by atoms with Crippen LogP contribution in [0.1, 0.15) is 24.5 Å². The largest absolute Gasteiger partial charge is 0.496 e. The van der Waals surface area contributed by atoms with Gasteiger partial charge in [-0.1, -0.05) is 19.1 Å². The number of ether oxygens (including phenoxy) is 1. The number of aryl methyl sites for hydroxylation is 1. The maximum absolute atomic E-state index is 8.54. The Kier molecular flexibility index (Phi) is 6.24. The Balaban J connectivity index is 2.55. The van der Waals surface area contributed by atoms with Gasteiger partial charge < -0.3 is 9.64 Å². The third-order valence-electron chi connectivity index (χ3n) is 3.11. The molecule has 0 aliphatic rings. The van der Waals surface area contributed by atoms with Gasteiger partial charge in [0.1, 0.15) is 5.75 Å². The molecule has 1 aromatic carbocycles. The molecular weight excluding hydrogens is 224 g/mol. The summed E-state index contributed by atoms with van der Waals surface area (Å²) in [5.74, 6) is 0.971. The zero-order valence-electron chi connectivity index (χ0n) is 11.6. The SMILES string of the molecule is CCc1cc(CCN(C)CCC#N)ccc1OC. The van der Waals surface area contributed by atoms with Crippen molar-refractivity contribution >= 4 is 0 Å². The molecular formula is C15H22N2O. The third-order valence-corrected chi connectivity index (χ3v) is 3.11. The predicted molar refractivity (Wildman–Crippen MR) is 73.8 cm³/mol. The van der Waals surface area contributed by atoms with Gasteiger partial charge in [0, 0.05) is 19.5 Å². The molecule has 3 nitrogen and oxygen atoms in total. The van der Waals surface area contributed by atoms with Crippen LogP contribution in [0.4, 0.5) is 0 Å². The number of hydrogen-bond donors (Lipinski definition) is 0. The first kappa shape index (κ1) is 14.5. The molecule has 1 rings (SSSR count). The van der Waals surface area contributed by atoms with Crippen LogP contribution in [0.2, 0.25) is 0 Å². The number of nitrogens with zero attached hydrogens (tertiary/aromatic N) is 2. The normalized spacial score (nSPS) is 10.4. The number of likely N-dealkylation sites (N-methyl/N-ethyl adjacent to an activating group) is 1. The molecule has 0 heterocycles. The number of methoxy groups -OCH3 is 1. The molecule has 0 radical (unpaired) electrons. The molecule has 98 valence electrons. The van der Waals surface area contributed by atoms with Crippen LogP contribution in [0.25, 0.3) is 0 Å². The number of benzene rings is 1. The first-order valence-corrected chi connectivity index (χ1v) is 6.42. The van der Waals surface area contributed by atoms with Crippen LogP contribution in [-0.4, -0.2) is 32.1 Å². The summed E-state index contributed by atoms with van der Waals surface area (Å²) in [4.78, 5) is 2.19. The van der Waals surface area contributed by atoms with E-state index in [1.807, 2.05) is 6.07 Å². The lowest BCUT2D eigenvalue weighted by Gasteiger charge is -2.15. The number of rotatable bonds is 7. The van der Waals surface area contributed by atoms with Crippen molar-refractivity contribution in [2.75, 3.05) is 27.2 Å². The Morgan fingerprint density at radius 2 is 2.11 bits per heavy atom. The van der Waals surface area contributed by atoms with E-state index in [4.69, 9.17) is 10.00 Å². The summed E-state index contributed by atoms with van der Waals surface area (Å²) in [6.45, 7) is 3.96. The van der Waals surface area contributed by atoms with E-state index in [1.165, 1.54) is 11.1 Å². The molecule has 0 bridgehead atoms. The van der Waals surface area contributed by atoms with E-state index in [9.17, 15) is 0 Å². The lowest BCUT2D eigenvalue weighted by atomic mass is 10.1. The molecule has 0 saturated heterocycles. The number of nitriles is 1. The average molecular weight is 246 g/mol. The van der Waals surface area contributed by atoms with Gasteiger partial charge in [-0.05, 0) is 37.1 Å². The van der Waals surface area contributed by atoms with Crippen molar-refractivity contribution in [1.29, 1.82) is 5.26 Å². The first-order chi connectivity index (χ1) is 8.71. The average Bonchev–Trinajstić information content (AvgIpc) is 2.42. The molecule has 0 fully saturated rings. The molecule has 0 aliphatic heterocycles. The fraction of sp³-hybridized carbons (Fsp3) is 0.533. The van der Waals surface area contributed by atoms with Crippen molar-refractivity contribution < 1.29 is 4.74 Å². The van der Waals surface area contributed by atoms with Gasteiger partial charge >= 0.3 is 0 Å². The van der Waals surface area contributed by atoms with Crippen molar-refractivity contribution in [3.8, 4) is 11.8 Å². The second-order valence-corrected chi connectivity index (χ2v) is 4.46. The quantitative estimate of drug-likeness (QED) is 0.742. The summed E-state index contributed by atoms with van der Waals surface area (Å²) in [7, 11) is 3.77. The summed E-state index contributed by atoms with van der Waals surface area (Å²) >= 11 is 0. The summed E-state index contributed by atoms with van der Waals surface area (Å²) < 4.78 is 5.32. The fourth-order valence-electron chi connectivity index (χ4n) is 1.94. The molecule has 0 aliphatic carbocycles. The predicted octanol–water partition coefficient (Wildman–Crippen LogP) is 2.65. The highest BCUT2D eigenvalue weighted by Gasteiger charge is 2.04. The minimum Gasteiger partial charge on any atom is -0.496 e. The Morgan fingerprint density at radius 1 is 1.33 bits per heavy atom. The Labute approximate surface area is 110 Å². The highest BCUT2D eigenvalue weighted by molar-refractivity contribution is 5.37. The Bertz CT molecular complexity index is 409. The Hall–Kier alpha value is -1.53. The minimum absolute atomic E-state index is 0.597. The smallest absolute Gasteiger partial charge is 0.122 e. The second-order valence-electron chi connectivity index (χ2n) is 4.46. The van der Waals surface area contributed by atoms with Gasteiger partial charge in [0.2, 0.25) is 0 Å². The zero-order chi connectivity index (χ0) is 13.4. The van der Waals surface area contributed by atoms with Crippen LogP contribution >= 0.6 is 0 Å². The maximum Gasteiger partial charge on any atom is 0.122 e. The van der Waals surface area contributed by atoms with E-state index in [0.29, 0.717) is 6.42 Å². The third kappa shape index (κ3) is 4.38. The topological polar surface area (TPSA) is 36.3 Å². The highest BCUT2D eigenvalue weighted by atomic mass is 16.5. The van der Waals surface area contributed by atoms with Gasteiger partial charge in [-0.25, -0.2) is 0 Å². The first-order valence-electron chi connectivity index (χ1n) is 6.42. The van der Waals surface area contributed by atoms with Gasteiger partial charge in [-0.15, -0.1) is 0 Å². The molecule has 0 unspecified atom stereocenters. The van der Waals surface area contributed by atoms with Gasteiger partial charge in [0.05, 0.1) is 13.2 Å². The van der Waals surface area contributed by atoms with Crippen LogP contribution in [0.15, 0.2) is 18.2 Å². The molecule has 0 spiro atoms. The molecule has 18 heavy (non-hydrogen) atoms. The van der Waals surface area contributed by atoms with Crippen molar-refractivity contribution in [3.05, 3.63) is 29.3 Å². The molecule has 0 atom stereocenters. The lowest BCUT2D eigenvalue weighted by molar-refractivity contribution is 0.346. The van der Waals surface area contributed by atoms with Crippen molar-refractivity contribution in [2.24, 2.45) is 0 Å². The number of hydrogen-bond acceptors (Lipinski definition) is 3. The van der Waals surface area contributed by atoms with E-state index >= 15 is 0 Å². The molecule has 0 N–H and O–H groups in total. The maximum atomic E-state index is 8.54. The molecule has 1 aromatic rings. The minimum atomic E-state index is 0.597. The van der Waals surface area contributed by atoms with E-state index in [0.717, 1.165) is 31.7 Å². The van der Waals surface area contributed by atoms with Crippen molar-refractivity contribution in [2.45, 2.75) is 26.2 Å². The van der Waals surface area contributed by atoms with E-state index in [1.54, 1.807) is 7.11 Å². The van der Waals surface area contributed by atoms with Crippen LogP contribution in [0.5, 0.6) is 5.75 Å². The monoisotopic (exact) mass is 246 g/mol. The van der Waals surface area contributed by atoms with Crippen LogP contribution in [0.3, 0.4) is 0 Å². The van der Waals surface area contributed by atoms with E-state index in [2.05, 4.69) is 37.1 Å². The lowest BCUT2D eigenvalue weighted by Crippen LogP contribution is -2.22.